The van der Waals surface area contributed by atoms with Gasteiger partial charge in [0, 0.05) is 17.0 Å². The molecule has 0 bridgehead atoms. The molecule has 1 N–H and O–H groups in total. The molecule has 126 valence electrons. The van der Waals surface area contributed by atoms with E-state index in [1.54, 1.807) is 6.92 Å². The lowest BCUT2D eigenvalue weighted by Crippen LogP contribution is -2.37. The van der Waals surface area contributed by atoms with E-state index in [-0.39, 0.29) is 18.4 Å². The van der Waals surface area contributed by atoms with Crippen LogP contribution in [0.3, 0.4) is 0 Å². The average Bonchev–Trinajstić information content (AvgIpc) is 3.24. The molecule has 5 nitrogen and oxygen atoms in total. The first-order valence-corrected chi connectivity index (χ1v) is 8.90. The maximum Gasteiger partial charge on any atom is 0.312 e. The number of rotatable bonds is 6. The highest BCUT2D eigenvalue weighted by molar-refractivity contribution is 7.13. The molecule has 2 aromatic rings. The lowest BCUT2D eigenvalue weighted by atomic mass is 10.2. The van der Waals surface area contributed by atoms with Crippen molar-refractivity contribution in [3.05, 3.63) is 40.9 Å². The second kappa shape index (κ2) is 7.13. The van der Waals surface area contributed by atoms with Crippen molar-refractivity contribution in [3.8, 4) is 10.6 Å². The predicted octanol–water partition coefficient (Wildman–Crippen LogP) is 2.87. The standard InChI is InChI=1S/C18H20N2O3S/c1-11-3-5-13(6-4-11)18-20-15(10-24-18)9-16(21)23-12(2)17(22)19-14-7-8-14/h3-6,10,12,14H,7-9H2,1-2H3,(H,19,22)/t12-/m0/s1. The molecule has 1 amide bonds. The Morgan fingerprint density at radius 1 is 1.33 bits per heavy atom. The van der Waals surface area contributed by atoms with Crippen LogP contribution in [0.4, 0.5) is 0 Å². The quantitative estimate of drug-likeness (QED) is 0.818. The lowest BCUT2D eigenvalue weighted by Gasteiger charge is -2.12. The normalized spacial score (nSPS) is 14.9. The van der Waals surface area contributed by atoms with Crippen molar-refractivity contribution >= 4 is 23.2 Å². The van der Waals surface area contributed by atoms with E-state index in [0.717, 1.165) is 23.4 Å². The Morgan fingerprint density at radius 3 is 2.71 bits per heavy atom. The van der Waals surface area contributed by atoms with Crippen molar-refractivity contribution in [2.24, 2.45) is 0 Å². The molecular formula is C18H20N2O3S. The first kappa shape index (κ1) is 16.6. The van der Waals surface area contributed by atoms with Crippen molar-refractivity contribution in [2.45, 2.75) is 45.3 Å². The summed E-state index contributed by atoms with van der Waals surface area (Å²) >= 11 is 1.49. The number of carbonyl (C=O) groups excluding carboxylic acids is 2. The Balaban J connectivity index is 1.54. The Hall–Kier alpha value is -2.21. The Morgan fingerprint density at radius 2 is 2.04 bits per heavy atom. The summed E-state index contributed by atoms with van der Waals surface area (Å²) in [6, 6.07) is 8.35. The number of esters is 1. The minimum atomic E-state index is -0.770. The fraction of sp³-hybridized carbons (Fsp3) is 0.389. The smallest absolute Gasteiger partial charge is 0.312 e. The van der Waals surface area contributed by atoms with E-state index in [2.05, 4.69) is 10.3 Å². The highest BCUT2D eigenvalue weighted by Crippen LogP contribution is 2.24. The topological polar surface area (TPSA) is 68.3 Å². The second-order valence-corrected chi connectivity index (χ2v) is 6.96. The van der Waals surface area contributed by atoms with Gasteiger partial charge in [0.15, 0.2) is 6.10 Å². The van der Waals surface area contributed by atoms with Crippen LogP contribution in [0, 0.1) is 6.92 Å². The average molecular weight is 344 g/mol. The number of benzene rings is 1. The van der Waals surface area contributed by atoms with Gasteiger partial charge in [0.25, 0.3) is 5.91 Å². The summed E-state index contributed by atoms with van der Waals surface area (Å²) in [5, 5.41) is 5.55. The second-order valence-electron chi connectivity index (χ2n) is 6.10. The van der Waals surface area contributed by atoms with Gasteiger partial charge in [0.1, 0.15) is 5.01 Å². The Bertz CT molecular complexity index is 735. The van der Waals surface area contributed by atoms with Gasteiger partial charge in [-0.3, -0.25) is 9.59 Å². The molecule has 0 radical (unpaired) electrons. The number of nitrogens with one attached hydrogen (secondary N) is 1. The largest absolute Gasteiger partial charge is 0.452 e. The third-order valence-corrected chi connectivity index (χ3v) is 4.72. The summed E-state index contributed by atoms with van der Waals surface area (Å²) in [6.45, 7) is 3.63. The third-order valence-electron chi connectivity index (χ3n) is 3.78. The molecular weight excluding hydrogens is 324 g/mol. The summed E-state index contributed by atoms with van der Waals surface area (Å²) in [4.78, 5) is 28.3. The van der Waals surface area contributed by atoms with Crippen molar-refractivity contribution in [1.29, 1.82) is 0 Å². The summed E-state index contributed by atoms with van der Waals surface area (Å²) in [5.74, 6) is -0.668. The zero-order chi connectivity index (χ0) is 17.1. The summed E-state index contributed by atoms with van der Waals surface area (Å²) in [6.07, 6.45) is 1.32. The molecule has 24 heavy (non-hydrogen) atoms. The number of aromatic nitrogens is 1. The predicted molar refractivity (Wildman–Crippen MR) is 92.7 cm³/mol. The molecule has 3 rings (SSSR count). The number of hydrogen-bond acceptors (Lipinski definition) is 5. The highest BCUT2D eigenvalue weighted by atomic mass is 32.1. The molecule has 1 aromatic heterocycles. The molecule has 1 heterocycles. The Kier molecular flexibility index (Phi) is 4.94. The molecule has 1 aromatic carbocycles. The van der Waals surface area contributed by atoms with Gasteiger partial charge in [-0.15, -0.1) is 11.3 Å². The lowest BCUT2D eigenvalue weighted by molar-refractivity contribution is -0.154. The number of amides is 1. The van der Waals surface area contributed by atoms with Crippen molar-refractivity contribution in [1.82, 2.24) is 10.3 Å². The zero-order valence-electron chi connectivity index (χ0n) is 13.7. The number of carbonyl (C=O) groups is 2. The zero-order valence-corrected chi connectivity index (χ0v) is 14.6. The number of aryl methyl sites for hydroxylation is 1. The van der Waals surface area contributed by atoms with Gasteiger partial charge >= 0.3 is 5.97 Å². The maximum atomic E-state index is 12.0. The van der Waals surface area contributed by atoms with Crippen LogP contribution in [0.5, 0.6) is 0 Å². The van der Waals surface area contributed by atoms with E-state index in [9.17, 15) is 9.59 Å². The SMILES string of the molecule is Cc1ccc(-c2nc(CC(=O)O[C@@H](C)C(=O)NC3CC3)cs2)cc1. The van der Waals surface area contributed by atoms with Crippen LogP contribution in [-0.2, 0) is 20.7 Å². The third kappa shape index (κ3) is 4.41. The van der Waals surface area contributed by atoms with E-state index in [0.29, 0.717) is 5.69 Å². The minimum Gasteiger partial charge on any atom is -0.452 e. The van der Waals surface area contributed by atoms with E-state index in [1.165, 1.54) is 16.9 Å². The van der Waals surface area contributed by atoms with Gasteiger partial charge in [-0.1, -0.05) is 29.8 Å². The number of nitrogens with zero attached hydrogens (tertiary/aromatic N) is 1. The first-order chi connectivity index (χ1) is 11.5. The molecule has 0 saturated heterocycles. The maximum absolute atomic E-state index is 12.0. The van der Waals surface area contributed by atoms with Crippen LogP contribution in [0.15, 0.2) is 29.6 Å². The van der Waals surface area contributed by atoms with Gasteiger partial charge in [-0.2, -0.15) is 0 Å². The van der Waals surface area contributed by atoms with Crippen molar-refractivity contribution in [2.75, 3.05) is 0 Å². The summed E-state index contributed by atoms with van der Waals surface area (Å²) < 4.78 is 5.19. The fourth-order valence-corrected chi connectivity index (χ4v) is 3.03. The van der Waals surface area contributed by atoms with Gasteiger partial charge in [-0.05, 0) is 26.7 Å². The van der Waals surface area contributed by atoms with Gasteiger partial charge < -0.3 is 10.1 Å². The fourth-order valence-electron chi connectivity index (χ4n) is 2.20. The van der Waals surface area contributed by atoms with Crippen molar-refractivity contribution < 1.29 is 14.3 Å². The van der Waals surface area contributed by atoms with Gasteiger partial charge in [0.2, 0.25) is 0 Å². The molecule has 1 atom stereocenters. The van der Waals surface area contributed by atoms with Crippen molar-refractivity contribution in [3.63, 3.8) is 0 Å². The molecule has 0 spiro atoms. The van der Waals surface area contributed by atoms with Crippen LogP contribution in [0.25, 0.3) is 10.6 Å². The van der Waals surface area contributed by atoms with Crippen LogP contribution in [0.2, 0.25) is 0 Å². The van der Waals surface area contributed by atoms with Crippen LogP contribution < -0.4 is 5.32 Å². The molecule has 1 fully saturated rings. The molecule has 1 saturated carbocycles. The Labute approximate surface area is 145 Å². The molecule has 1 aliphatic rings. The number of thiazole rings is 1. The van der Waals surface area contributed by atoms with E-state index in [4.69, 9.17) is 4.74 Å². The van der Waals surface area contributed by atoms with Crippen LogP contribution >= 0.6 is 11.3 Å². The molecule has 1 aliphatic carbocycles. The number of ether oxygens (including phenoxy) is 1. The van der Waals surface area contributed by atoms with Crippen LogP contribution in [-0.4, -0.2) is 29.0 Å². The number of hydrogen-bond donors (Lipinski definition) is 1. The first-order valence-electron chi connectivity index (χ1n) is 8.02. The van der Waals surface area contributed by atoms with Gasteiger partial charge in [-0.25, -0.2) is 4.98 Å². The summed E-state index contributed by atoms with van der Waals surface area (Å²) in [7, 11) is 0. The molecule has 0 unspecified atom stereocenters. The minimum absolute atomic E-state index is 0.0728. The molecule has 6 heteroatoms. The van der Waals surface area contributed by atoms with E-state index in [1.807, 2.05) is 36.6 Å². The van der Waals surface area contributed by atoms with E-state index < -0.39 is 12.1 Å². The van der Waals surface area contributed by atoms with Gasteiger partial charge in [0.05, 0.1) is 12.1 Å². The molecule has 0 aliphatic heterocycles. The summed E-state index contributed by atoms with van der Waals surface area (Å²) in [5.41, 5.74) is 2.88. The van der Waals surface area contributed by atoms with Crippen LogP contribution in [0.1, 0.15) is 31.0 Å². The highest BCUT2D eigenvalue weighted by Gasteiger charge is 2.27. The monoisotopic (exact) mass is 344 g/mol. The van der Waals surface area contributed by atoms with E-state index >= 15 is 0 Å².